The van der Waals surface area contributed by atoms with Crippen LogP contribution in [0.5, 0.6) is 11.5 Å². The second-order valence-corrected chi connectivity index (χ2v) is 4.31. The van der Waals surface area contributed by atoms with Crippen molar-refractivity contribution >= 4 is 11.6 Å². The lowest BCUT2D eigenvalue weighted by Gasteiger charge is -2.05. The Morgan fingerprint density at radius 2 is 1.35 bits per heavy atom. The maximum atomic E-state index is 5.17. The van der Waals surface area contributed by atoms with E-state index in [9.17, 15) is 0 Å². The second-order valence-electron chi connectivity index (χ2n) is 4.31. The molecule has 20 heavy (non-hydrogen) atoms. The SMILES string of the molecule is C=CC(=Cc1ccc(OC)cc1)c1ccc(OC)cc1. The molecule has 0 radical (unpaired) electrons. The zero-order valence-corrected chi connectivity index (χ0v) is 11.8. The van der Waals surface area contributed by atoms with E-state index in [1.54, 1.807) is 14.2 Å². The lowest BCUT2D eigenvalue weighted by molar-refractivity contribution is 0.414. The lowest BCUT2D eigenvalue weighted by atomic mass is 10.0. The van der Waals surface area contributed by atoms with E-state index in [0.717, 1.165) is 28.2 Å². The number of rotatable bonds is 5. The van der Waals surface area contributed by atoms with E-state index in [1.807, 2.05) is 54.6 Å². The van der Waals surface area contributed by atoms with Crippen molar-refractivity contribution in [3.8, 4) is 11.5 Å². The van der Waals surface area contributed by atoms with Gasteiger partial charge in [0.2, 0.25) is 0 Å². The van der Waals surface area contributed by atoms with Gasteiger partial charge in [0.25, 0.3) is 0 Å². The summed E-state index contributed by atoms with van der Waals surface area (Å²) in [7, 11) is 3.33. The molecular weight excluding hydrogens is 248 g/mol. The molecule has 2 heteroatoms. The normalized spacial score (nSPS) is 11.0. The fraction of sp³-hybridized carbons (Fsp3) is 0.111. The fourth-order valence-corrected chi connectivity index (χ4v) is 1.92. The summed E-state index contributed by atoms with van der Waals surface area (Å²) in [6.45, 7) is 3.89. The van der Waals surface area contributed by atoms with Crippen LogP contribution in [-0.4, -0.2) is 14.2 Å². The Morgan fingerprint density at radius 3 is 1.80 bits per heavy atom. The van der Waals surface area contributed by atoms with Crippen molar-refractivity contribution in [2.24, 2.45) is 0 Å². The third kappa shape index (κ3) is 3.29. The summed E-state index contributed by atoms with van der Waals surface area (Å²) in [6, 6.07) is 15.9. The van der Waals surface area contributed by atoms with Crippen LogP contribution in [0.25, 0.3) is 11.6 Å². The zero-order chi connectivity index (χ0) is 14.4. The van der Waals surface area contributed by atoms with E-state index in [4.69, 9.17) is 9.47 Å². The molecule has 0 fully saturated rings. The van der Waals surface area contributed by atoms with Crippen molar-refractivity contribution in [1.82, 2.24) is 0 Å². The first-order valence-corrected chi connectivity index (χ1v) is 6.39. The van der Waals surface area contributed by atoms with Crippen molar-refractivity contribution < 1.29 is 9.47 Å². The maximum absolute atomic E-state index is 5.17. The molecule has 0 saturated carbocycles. The molecule has 2 aromatic carbocycles. The van der Waals surface area contributed by atoms with Crippen LogP contribution in [0.1, 0.15) is 11.1 Å². The Labute approximate surface area is 120 Å². The summed E-state index contributed by atoms with van der Waals surface area (Å²) in [5, 5.41) is 0. The topological polar surface area (TPSA) is 18.5 Å². The first kappa shape index (κ1) is 13.9. The molecule has 0 aliphatic rings. The Bertz CT molecular complexity index is 592. The largest absolute Gasteiger partial charge is 0.497 e. The second kappa shape index (κ2) is 6.62. The molecule has 0 aromatic heterocycles. The van der Waals surface area contributed by atoms with Gasteiger partial charge in [0.05, 0.1) is 14.2 Å². The highest BCUT2D eigenvalue weighted by atomic mass is 16.5. The highest BCUT2D eigenvalue weighted by Crippen LogP contribution is 2.22. The molecule has 0 amide bonds. The van der Waals surface area contributed by atoms with Gasteiger partial charge < -0.3 is 9.47 Å². The van der Waals surface area contributed by atoms with E-state index in [0.29, 0.717) is 0 Å². The van der Waals surface area contributed by atoms with E-state index >= 15 is 0 Å². The van der Waals surface area contributed by atoms with Crippen LogP contribution < -0.4 is 9.47 Å². The molecule has 0 aliphatic heterocycles. The van der Waals surface area contributed by atoms with E-state index in [2.05, 4.69) is 12.7 Å². The molecule has 2 nitrogen and oxygen atoms in total. The minimum atomic E-state index is 0.849. The van der Waals surface area contributed by atoms with Gasteiger partial charge in [-0.25, -0.2) is 0 Å². The minimum Gasteiger partial charge on any atom is -0.497 e. The average molecular weight is 266 g/mol. The Morgan fingerprint density at radius 1 is 0.850 bits per heavy atom. The van der Waals surface area contributed by atoms with Gasteiger partial charge in [0.1, 0.15) is 11.5 Å². The number of benzene rings is 2. The third-order valence-electron chi connectivity index (χ3n) is 3.08. The van der Waals surface area contributed by atoms with Gasteiger partial charge in [-0.1, -0.05) is 36.9 Å². The van der Waals surface area contributed by atoms with Crippen molar-refractivity contribution in [2.45, 2.75) is 0 Å². The van der Waals surface area contributed by atoms with Gasteiger partial charge in [-0.05, 0) is 47.0 Å². The molecule has 0 N–H and O–H groups in total. The van der Waals surface area contributed by atoms with Gasteiger partial charge in [0, 0.05) is 0 Å². The Kier molecular flexibility index (Phi) is 4.61. The molecule has 2 aromatic rings. The molecular formula is C18H18O2. The van der Waals surface area contributed by atoms with Gasteiger partial charge in [-0.3, -0.25) is 0 Å². The summed E-state index contributed by atoms with van der Waals surface area (Å²) in [5.74, 6) is 1.70. The first-order valence-electron chi connectivity index (χ1n) is 6.39. The van der Waals surface area contributed by atoms with Crippen LogP contribution in [0.4, 0.5) is 0 Å². The highest BCUT2D eigenvalue weighted by Gasteiger charge is 1.99. The van der Waals surface area contributed by atoms with Crippen LogP contribution in [0.3, 0.4) is 0 Å². The Hall–Kier alpha value is -2.48. The highest BCUT2D eigenvalue weighted by molar-refractivity contribution is 5.87. The van der Waals surface area contributed by atoms with E-state index in [1.165, 1.54) is 0 Å². The number of ether oxygens (including phenoxy) is 2. The quantitative estimate of drug-likeness (QED) is 0.588. The molecule has 0 atom stereocenters. The molecule has 0 spiro atoms. The number of hydrogen-bond acceptors (Lipinski definition) is 2. The molecule has 0 heterocycles. The summed E-state index contributed by atoms with van der Waals surface area (Å²) in [4.78, 5) is 0. The van der Waals surface area contributed by atoms with Crippen LogP contribution >= 0.6 is 0 Å². The summed E-state index contributed by atoms with van der Waals surface area (Å²) in [6.07, 6.45) is 3.94. The maximum Gasteiger partial charge on any atom is 0.118 e. The molecule has 0 aliphatic carbocycles. The zero-order valence-electron chi connectivity index (χ0n) is 11.8. The molecule has 2 rings (SSSR count). The van der Waals surface area contributed by atoms with Crippen molar-refractivity contribution in [1.29, 1.82) is 0 Å². The van der Waals surface area contributed by atoms with Crippen molar-refractivity contribution in [2.75, 3.05) is 14.2 Å². The van der Waals surface area contributed by atoms with Crippen LogP contribution in [0.15, 0.2) is 61.2 Å². The van der Waals surface area contributed by atoms with Crippen LogP contribution in [-0.2, 0) is 0 Å². The monoisotopic (exact) mass is 266 g/mol. The van der Waals surface area contributed by atoms with Gasteiger partial charge >= 0.3 is 0 Å². The minimum absolute atomic E-state index is 0.849. The van der Waals surface area contributed by atoms with Gasteiger partial charge in [0.15, 0.2) is 0 Å². The third-order valence-corrected chi connectivity index (χ3v) is 3.08. The Balaban J connectivity index is 2.29. The molecule has 102 valence electrons. The van der Waals surface area contributed by atoms with Crippen LogP contribution in [0.2, 0.25) is 0 Å². The van der Waals surface area contributed by atoms with Crippen LogP contribution in [0, 0.1) is 0 Å². The van der Waals surface area contributed by atoms with E-state index in [-0.39, 0.29) is 0 Å². The average Bonchev–Trinajstić information content (AvgIpc) is 2.53. The van der Waals surface area contributed by atoms with E-state index < -0.39 is 0 Å². The smallest absolute Gasteiger partial charge is 0.118 e. The lowest BCUT2D eigenvalue weighted by Crippen LogP contribution is -1.85. The predicted octanol–water partition coefficient (Wildman–Crippen LogP) is 4.43. The fourth-order valence-electron chi connectivity index (χ4n) is 1.92. The standard InChI is InChI=1S/C18H18O2/c1-4-15(16-7-11-18(20-3)12-8-16)13-14-5-9-17(19-2)10-6-14/h4-13H,1H2,2-3H3. The van der Waals surface area contributed by atoms with Gasteiger partial charge in [-0.2, -0.15) is 0 Å². The molecule has 0 saturated heterocycles. The molecule has 0 unspecified atom stereocenters. The summed E-state index contributed by atoms with van der Waals surface area (Å²) < 4.78 is 10.3. The predicted molar refractivity (Wildman–Crippen MR) is 84.1 cm³/mol. The van der Waals surface area contributed by atoms with Crippen molar-refractivity contribution in [3.05, 3.63) is 72.3 Å². The molecule has 0 bridgehead atoms. The van der Waals surface area contributed by atoms with Crippen molar-refractivity contribution in [3.63, 3.8) is 0 Å². The summed E-state index contributed by atoms with van der Waals surface area (Å²) in [5.41, 5.74) is 3.28. The number of hydrogen-bond donors (Lipinski definition) is 0. The number of allylic oxidation sites excluding steroid dienone is 2. The van der Waals surface area contributed by atoms with Gasteiger partial charge in [-0.15, -0.1) is 0 Å². The number of methoxy groups -OCH3 is 2. The summed E-state index contributed by atoms with van der Waals surface area (Å²) >= 11 is 0. The first-order chi connectivity index (χ1) is 9.76.